The van der Waals surface area contributed by atoms with Gasteiger partial charge in [0.1, 0.15) is 5.78 Å². The largest absolute Gasteiger partial charge is 0.299 e. The third-order valence-corrected chi connectivity index (χ3v) is 4.08. The van der Waals surface area contributed by atoms with Crippen LogP contribution in [0.15, 0.2) is 24.3 Å². The first kappa shape index (κ1) is 15.8. The molecule has 3 nitrogen and oxygen atoms in total. The number of ketones is 1. The van der Waals surface area contributed by atoms with Crippen LogP contribution in [0.25, 0.3) is 0 Å². The number of hydrogen-bond donors (Lipinski definition) is 0. The highest BCUT2D eigenvalue weighted by molar-refractivity contribution is 6.32. The van der Waals surface area contributed by atoms with E-state index in [1.807, 2.05) is 24.6 Å². The van der Waals surface area contributed by atoms with E-state index in [-0.39, 0.29) is 5.78 Å². The van der Waals surface area contributed by atoms with Gasteiger partial charge < -0.3 is 0 Å². The van der Waals surface area contributed by atoms with Gasteiger partial charge in [-0.3, -0.25) is 9.48 Å². The first-order valence-electron chi connectivity index (χ1n) is 7.30. The van der Waals surface area contributed by atoms with Gasteiger partial charge in [-0.2, -0.15) is 5.10 Å². The monoisotopic (exact) mass is 304 g/mol. The Hall–Kier alpha value is -1.61. The van der Waals surface area contributed by atoms with Crippen molar-refractivity contribution in [2.45, 2.75) is 46.6 Å². The Balaban J connectivity index is 1.99. The van der Waals surface area contributed by atoms with E-state index in [1.54, 1.807) is 0 Å². The Labute approximate surface area is 130 Å². The maximum atomic E-state index is 12.2. The minimum atomic E-state index is 0.202. The molecule has 21 heavy (non-hydrogen) atoms. The number of benzene rings is 1. The second kappa shape index (κ2) is 6.90. The summed E-state index contributed by atoms with van der Waals surface area (Å²) in [5.74, 6) is 0.202. The van der Waals surface area contributed by atoms with Crippen molar-refractivity contribution in [1.29, 1.82) is 0 Å². The summed E-state index contributed by atoms with van der Waals surface area (Å²) in [5.41, 5.74) is 4.06. The van der Waals surface area contributed by atoms with Crippen molar-refractivity contribution >= 4 is 17.4 Å². The van der Waals surface area contributed by atoms with E-state index in [9.17, 15) is 4.79 Å². The van der Waals surface area contributed by atoms with Gasteiger partial charge in [0.05, 0.1) is 16.4 Å². The zero-order valence-electron chi connectivity index (χ0n) is 12.8. The van der Waals surface area contributed by atoms with E-state index < -0.39 is 0 Å². The van der Waals surface area contributed by atoms with Gasteiger partial charge in [0.15, 0.2) is 0 Å². The van der Waals surface area contributed by atoms with Crippen molar-refractivity contribution in [2.75, 3.05) is 0 Å². The molecular formula is C17H21ClN2O. The normalized spacial score (nSPS) is 10.9. The van der Waals surface area contributed by atoms with Crippen LogP contribution >= 0.6 is 11.6 Å². The molecule has 1 aromatic heterocycles. The average molecular weight is 305 g/mol. The summed E-state index contributed by atoms with van der Waals surface area (Å²) in [5, 5.41) is 4.97. The van der Waals surface area contributed by atoms with Crippen LogP contribution < -0.4 is 0 Å². The van der Waals surface area contributed by atoms with Crippen LogP contribution in [0.5, 0.6) is 0 Å². The zero-order valence-corrected chi connectivity index (χ0v) is 13.6. The maximum absolute atomic E-state index is 12.2. The molecule has 0 bridgehead atoms. The molecule has 4 heteroatoms. The molecule has 1 aromatic carbocycles. The molecule has 0 saturated carbocycles. The van der Waals surface area contributed by atoms with Gasteiger partial charge in [-0.15, -0.1) is 0 Å². The Morgan fingerprint density at radius 2 is 2.10 bits per heavy atom. The first-order valence-corrected chi connectivity index (χ1v) is 7.68. The van der Waals surface area contributed by atoms with Crippen LogP contribution in [0, 0.1) is 13.8 Å². The average Bonchev–Trinajstić information content (AvgIpc) is 2.73. The minimum absolute atomic E-state index is 0.202. The highest BCUT2D eigenvalue weighted by Crippen LogP contribution is 2.21. The molecule has 0 radical (unpaired) electrons. The Morgan fingerprint density at radius 1 is 1.33 bits per heavy atom. The lowest BCUT2D eigenvalue weighted by molar-refractivity contribution is -0.118. The molecule has 0 spiro atoms. The SMILES string of the molecule is CCn1nc(C)c(Cl)c1CC(=O)CCc1cccc(C)c1. The highest BCUT2D eigenvalue weighted by Gasteiger charge is 2.15. The van der Waals surface area contributed by atoms with Crippen molar-refractivity contribution in [1.82, 2.24) is 9.78 Å². The van der Waals surface area contributed by atoms with E-state index in [4.69, 9.17) is 11.6 Å². The van der Waals surface area contributed by atoms with Gasteiger partial charge in [0.25, 0.3) is 0 Å². The summed E-state index contributed by atoms with van der Waals surface area (Å²) >= 11 is 6.24. The van der Waals surface area contributed by atoms with Crippen LogP contribution in [0.2, 0.25) is 5.02 Å². The van der Waals surface area contributed by atoms with Gasteiger partial charge in [-0.05, 0) is 32.8 Å². The summed E-state index contributed by atoms with van der Waals surface area (Å²) in [6.45, 7) is 6.67. The number of hydrogen-bond acceptors (Lipinski definition) is 2. The lowest BCUT2D eigenvalue weighted by Crippen LogP contribution is -2.10. The number of halogens is 1. The molecule has 0 N–H and O–H groups in total. The van der Waals surface area contributed by atoms with Crippen molar-refractivity contribution in [3.8, 4) is 0 Å². The van der Waals surface area contributed by atoms with E-state index in [0.29, 0.717) is 17.9 Å². The molecule has 0 atom stereocenters. The first-order chi connectivity index (χ1) is 10.0. The van der Waals surface area contributed by atoms with Crippen molar-refractivity contribution < 1.29 is 4.79 Å². The Bertz CT molecular complexity index is 646. The third kappa shape index (κ3) is 3.94. The van der Waals surface area contributed by atoms with Gasteiger partial charge in [0, 0.05) is 19.4 Å². The quantitative estimate of drug-likeness (QED) is 0.811. The number of rotatable bonds is 6. The lowest BCUT2D eigenvalue weighted by Gasteiger charge is -2.06. The minimum Gasteiger partial charge on any atom is -0.299 e. The van der Waals surface area contributed by atoms with Gasteiger partial charge in [0.2, 0.25) is 0 Å². The fourth-order valence-corrected chi connectivity index (χ4v) is 2.67. The van der Waals surface area contributed by atoms with Crippen LogP contribution in [0.4, 0.5) is 0 Å². The van der Waals surface area contributed by atoms with Crippen molar-refractivity contribution in [3.05, 3.63) is 51.8 Å². The number of aromatic nitrogens is 2. The van der Waals surface area contributed by atoms with E-state index in [1.165, 1.54) is 11.1 Å². The summed E-state index contributed by atoms with van der Waals surface area (Å²) in [6.07, 6.45) is 1.67. The molecule has 1 heterocycles. The standard InChI is InChI=1S/C17H21ClN2O/c1-4-20-16(17(18)13(3)19-20)11-15(21)9-8-14-7-5-6-12(2)10-14/h5-7,10H,4,8-9,11H2,1-3H3. The second-order valence-corrected chi connectivity index (χ2v) is 5.74. The number of carbonyl (C=O) groups is 1. The predicted octanol–water partition coefficient (Wildman–Crippen LogP) is 3.92. The summed E-state index contributed by atoms with van der Waals surface area (Å²) in [4.78, 5) is 12.2. The summed E-state index contributed by atoms with van der Waals surface area (Å²) in [7, 11) is 0. The topological polar surface area (TPSA) is 34.9 Å². The molecule has 0 amide bonds. The maximum Gasteiger partial charge on any atom is 0.139 e. The molecule has 2 aromatic rings. The van der Waals surface area contributed by atoms with Crippen LogP contribution in [0.3, 0.4) is 0 Å². The van der Waals surface area contributed by atoms with Gasteiger partial charge >= 0.3 is 0 Å². The molecule has 2 rings (SSSR count). The molecule has 0 unspecified atom stereocenters. The number of aryl methyl sites for hydroxylation is 4. The fourth-order valence-electron chi connectivity index (χ4n) is 2.46. The summed E-state index contributed by atoms with van der Waals surface area (Å²) < 4.78 is 1.82. The molecule has 0 aliphatic carbocycles. The smallest absolute Gasteiger partial charge is 0.139 e. The predicted molar refractivity (Wildman–Crippen MR) is 85.9 cm³/mol. The molecule has 0 saturated heterocycles. The lowest BCUT2D eigenvalue weighted by atomic mass is 10.0. The number of carbonyl (C=O) groups excluding carboxylic acids is 1. The van der Waals surface area contributed by atoms with Crippen molar-refractivity contribution in [3.63, 3.8) is 0 Å². The number of nitrogens with zero attached hydrogens (tertiary/aromatic N) is 2. The van der Waals surface area contributed by atoms with E-state index in [2.05, 4.69) is 30.2 Å². The molecule has 0 aliphatic rings. The number of Topliss-reactive ketones (excluding diaryl/α,β-unsaturated/α-hetero) is 1. The highest BCUT2D eigenvalue weighted by atomic mass is 35.5. The molecule has 0 aliphatic heterocycles. The molecular weight excluding hydrogens is 284 g/mol. The van der Waals surface area contributed by atoms with Gasteiger partial charge in [-0.25, -0.2) is 0 Å². The van der Waals surface area contributed by atoms with Crippen LogP contribution in [-0.4, -0.2) is 15.6 Å². The van der Waals surface area contributed by atoms with E-state index >= 15 is 0 Å². The Morgan fingerprint density at radius 3 is 2.76 bits per heavy atom. The van der Waals surface area contributed by atoms with Crippen molar-refractivity contribution in [2.24, 2.45) is 0 Å². The van der Waals surface area contributed by atoms with Crippen LogP contribution in [0.1, 0.15) is 35.9 Å². The third-order valence-electron chi connectivity index (χ3n) is 3.59. The summed E-state index contributed by atoms with van der Waals surface area (Å²) in [6, 6.07) is 8.28. The van der Waals surface area contributed by atoms with Crippen LogP contribution in [-0.2, 0) is 24.2 Å². The molecule has 0 fully saturated rings. The fraction of sp³-hybridized carbons (Fsp3) is 0.412. The van der Waals surface area contributed by atoms with E-state index in [0.717, 1.165) is 24.4 Å². The Kier molecular flexibility index (Phi) is 5.18. The van der Waals surface area contributed by atoms with Gasteiger partial charge in [-0.1, -0.05) is 41.4 Å². The zero-order chi connectivity index (χ0) is 15.4. The second-order valence-electron chi connectivity index (χ2n) is 5.37. The molecule has 112 valence electrons.